The smallest absolute Gasteiger partial charge is 0.245 e. The Labute approximate surface area is 182 Å². The summed E-state index contributed by atoms with van der Waals surface area (Å²) in [5.41, 5.74) is 2.22. The number of amides is 1. The van der Waals surface area contributed by atoms with E-state index in [1.807, 2.05) is 30.5 Å². The van der Waals surface area contributed by atoms with Gasteiger partial charge in [0.2, 0.25) is 15.9 Å². The van der Waals surface area contributed by atoms with Crippen molar-refractivity contribution < 1.29 is 17.8 Å². The number of piperazine rings is 1. The third-order valence-electron chi connectivity index (χ3n) is 5.55. The molecule has 0 atom stereocenters. The highest BCUT2D eigenvalue weighted by Gasteiger charge is 2.32. The summed E-state index contributed by atoms with van der Waals surface area (Å²) in [4.78, 5) is 17.7. The normalized spacial score (nSPS) is 15.7. The molecule has 1 amide bonds. The molecule has 160 valence electrons. The molecular weight excluding hydrogens is 442 g/mol. The molecule has 0 unspecified atom stereocenters. The highest BCUT2D eigenvalue weighted by atomic mass is 35.5. The van der Waals surface area contributed by atoms with Gasteiger partial charge in [-0.3, -0.25) is 4.79 Å². The fourth-order valence-corrected chi connectivity index (χ4v) is 5.62. The first-order valence-corrected chi connectivity index (χ1v) is 11.5. The predicted octanol–water partition coefficient (Wildman–Crippen LogP) is 2.43. The minimum atomic E-state index is -3.83. The molecular formula is C20H18ClN5O4S. The Morgan fingerprint density at radius 3 is 2.61 bits per heavy atom. The van der Waals surface area contributed by atoms with Crippen LogP contribution in [0, 0.1) is 0 Å². The van der Waals surface area contributed by atoms with Crippen molar-refractivity contribution in [3.05, 3.63) is 53.2 Å². The second-order valence-corrected chi connectivity index (χ2v) is 9.64. The number of halogens is 1. The van der Waals surface area contributed by atoms with E-state index in [-0.39, 0.29) is 46.4 Å². The number of rotatable bonds is 4. The number of H-pyrrole nitrogens is 1. The van der Waals surface area contributed by atoms with E-state index in [1.54, 1.807) is 4.90 Å². The SMILES string of the molecule is O=C(Cc1c[nH]c2ccccc12)N1CCN(S(=O)(=O)c2ccc(Cl)c3nonc23)CC1. The fraction of sp³-hybridized carbons (Fsp3) is 0.250. The molecule has 1 N–H and O–H groups in total. The molecule has 1 saturated heterocycles. The Hall–Kier alpha value is -2.95. The Balaban J connectivity index is 1.30. The van der Waals surface area contributed by atoms with Gasteiger partial charge in [-0.15, -0.1) is 0 Å². The van der Waals surface area contributed by atoms with Crippen LogP contribution in [0.1, 0.15) is 5.56 Å². The summed E-state index contributed by atoms with van der Waals surface area (Å²) in [6.07, 6.45) is 2.11. The molecule has 0 spiro atoms. The molecule has 1 aliphatic rings. The van der Waals surface area contributed by atoms with Crippen LogP contribution in [0.5, 0.6) is 0 Å². The Morgan fingerprint density at radius 2 is 1.81 bits per heavy atom. The lowest BCUT2D eigenvalue weighted by molar-refractivity contribution is -0.131. The zero-order valence-electron chi connectivity index (χ0n) is 16.3. The van der Waals surface area contributed by atoms with E-state index in [4.69, 9.17) is 11.6 Å². The van der Waals surface area contributed by atoms with Gasteiger partial charge in [0.25, 0.3) is 0 Å². The molecule has 0 saturated carbocycles. The van der Waals surface area contributed by atoms with Crippen molar-refractivity contribution in [3.63, 3.8) is 0 Å². The summed E-state index contributed by atoms with van der Waals surface area (Å²) in [5.74, 6) is -0.0311. The number of benzene rings is 2. The van der Waals surface area contributed by atoms with Crippen LogP contribution in [0.25, 0.3) is 21.9 Å². The van der Waals surface area contributed by atoms with E-state index in [2.05, 4.69) is 19.9 Å². The molecule has 2 aromatic carbocycles. The first-order chi connectivity index (χ1) is 14.9. The van der Waals surface area contributed by atoms with Gasteiger partial charge >= 0.3 is 0 Å². The van der Waals surface area contributed by atoms with E-state index < -0.39 is 10.0 Å². The molecule has 2 aromatic heterocycles. The third kappa shape index (κ3) is 3.46. The van der Waals surface area contributed by atoms with Crippen LogP contribution in [0.3, 0.4) is 0 Å². The summed E-state index contributed by atoms with van der Waals surface area (Å²) >= 11 is 6.04. The standard InChI is InChI=1S/C20H18ClN5O4S/c21-15-5-6-17(20-19(15)23-30-24-20)31(28,29)26-9-7-25(8-10-26)18(27)11-13-12-22-16-4-2-1-3-14(13)16/h1-6,12,22H,7-11H2. The van der Waals surface area contributed by atoms with Crippen molar-refractivity contribution >= 4 is 49.5 Å². The lowest BCUT2D eigenvalue weighted by Crippen LogP contribution is -2.50. The molecule has 0 radical (unpaired) electrons. The Morgan fingerprint density at radius 1 is 1.06 bits per heavy atom. The number of hydrogen-bond acceptors (Lipinski definition) is 6. The Bertz CT molecular complexity index is 1390. The summed E-state index contributed by atoms with van der Waals surface area (Å²) in [7, 11) is -3.83. The lowest BCUT2D eigenvalue weighted by atomic mass is 10.1. The molecule has 0 aliphatic carbocycles. The zero-order chi connectivity index (χ0) is 21.6. The molecule has 0 bridgehead atoms. The van der Waals surface area contributed by atoms with E-state index in [0.29, 0.717) is 13.1 Å². The maximum Gasteiger partial charge on any atom is 0.245 e. The zero-order valence-corrected chi connectivity index (χ0v) is 17.9. The molecule has 5 rings (SSSR count). The predicted molar refractivity (Wildman–Crippen MR) is 114 cm³/mol. The minimum Gasteiger partial charge on any atom is -0.361 e. The van der Waals surface area contributed by atoms with Crippen LogP contribution < -0.4 is 0 Å². The van der Waals surface area contributed by atoms with Crippen LogP contribution in [0.2, 0.25) is 5.02 Å². The maximum absolute atomic E-state index is 13.2. The van der Waals surface area contributed by atoms with E-state index in [9.17, 15) is 13.2 Å². The number of nitrogens with one attached hydrogen (secondary N) is 1. The largest absolute Gasteiger partial charge is 0.361 e. The van der Waals surface area contributed by atoms with Gasteiger partial charge in [-0.25, -0.2) is 13.0 Å². The monoisotopic (exact) mass is 459 g/mol. The van der Waals surface area contributed by atoms with Crippen LogP contribution in [0.4, 0.5) is 0 Å². The van der Waals surface area contributed by atoms with Crippen LogP contribution >= 0.6 is 11.6 Å². The topological polar surface area (TPSA) is 112 Å². The number of para-hydroxylation sites is 1. The molecule has 9 nitrogen and oxygen atoms in total. The molecule has 4 aromatic rings. The first-order valence-electron chi connectivity index (χ1n) is 9.69. The molecule has 11 heteroatoms. The highest BCUT2D eigenvalue weighted by molar-refractivity contribution is 7.89. The highest BCUT2D eigenvalue weighted by Crippen LogP contribution is 2.29. The summed E-state index contributed by atoms with van der Waals surface area (Å²) in [6.45, 7) is 1.01. The number of nitrogens with zero attached hydrogens (tertiary/aromatic N) is 4. The van der Waals surface area contributed by atoms with Crippen molar-refractivity contribution in [2.75, 3.05) is 26.2 Å². The lowest BCUT2D eigenvalue weighted by Gasteiger charge is -2.34. The fourth-order valence-electron chi connectivity index (χ4n) is 3.89. The van der Waals surface area contributed by atoms with Crippen LogP contribution in [0.15, 0.2) is 52.1 Å². The quantitative estimate of drug-likeness (QED) is 0.501. The average molecular weight is 460 g/mol. The van der Waals surface area contributed by atoms with E-state index in [0.717, 1.165) is 16.5 Å². The van der Waals surface area contributed by atoms with Gasteiger partial charge in [0, 0.05) is 43.3 Å². The van der Waals surface area contributed by atoms with Crippen molar-refractivity contribution in [1.82, 2.24) is 24.5 Å². The van der Waals surface area contributed by atoms with E-state index >= 15 is 0 Å². The van der Waals surface area contributed by atoms with Gasteiger partial charge in [0.05, 0.1) is 11.4 Å². The number of aromatic nitrogens is 3. The first kappa shape index (κ1) is 20.0. The van der Waals surface area contributed by atoms with Crippen molar-refractivity contribution in [3.8, 4) is 0 Å². The summed E-state index contributed by atoms with van der Waals surface area (Å²) < 4.78 is 32.3. The Kier molecular flexibility index (Phi) is 4.92. The second-order valence-electron chi connectivity index (χ2n) is 7.33. The third-order valence-corrected chi connectivity index (χ3v) is 7.79. The van der Waals surface area contributed by atoms with Gasteiger partial charge in [-0.2, -0.15) is 4.31 Å². The van der Waals surface area contributed by atoms with Gasteiger partial charge < -0.3 is 9.88 Å². The van der Waals surface area contributed by atoms with Gasteiger partial charge in [0.1, 0.15) is 4.90 Å². The molecule has 1 aliphatic heterocycles. The van der Waals surface area contributed by atoms with Crippen LogP contribution in [-0.4, -0.2) is 65.0 Å². The minimum absolute atomic E-state index is 0.00767. The number of carbonyl (C=O) groups is 1. The number of hydrogen-bond donors (Lipinski definition) is 1. The van der Waals surface area contributed by atoms with Crippen molar-refractivity contribution in [1.29, 1.82) is 0 Å². The maximum atomic E-state index is 13.2. The molecule has 3 heterocycles. The summed E-state index contributed by atoms with van der Waals surface area (Å²) in [5, 5.41) is 8.66. The number of sulfonamides is 1. The van der Waals surface area contributed by atoms with Gasteiger partial charge in [0.15, 0.2) is 11.0 Å². The van der Waals surface area contributed by atoms with Gasteiger partial charge in [-0.1, -0.05) is 29.8 Å². The second kappa shape index (κ2) is 7.63. The van der Waals surface area contributed by atoms with Crippen molar-refractivity contribution in [2.24, 2.45) is 0 Å². The van der Waals surface area contributed by atoms with Gasteiger partial charge in [-0.05, 0) is 34.1 Å². The summed E-state index contributed by atoms with van der Waals surface area (Å²) in [6, 6.07) is 10.7. The molecule has 31 heavy (non-hydrogen) atoms. The number of aromatic amines is 1. The van der Waals surface area contributed by atoms with E-state index in [1.165, 1.54) is 16.4 Å². The number of fused-ring (bicyclic) bond motifs is 2. The van der Waals surface area contributed by atoms with Crippen molar-refractivity contribution in [2.45, 2.75) is 11.3 Å². The average Bonchev–Trinajstić information content (AvgIpc) is 3.42. The molecule has 1 fully saturated rings. The van der Waals surface area contributed by atoms with Crippen LogP contribution in [-0.2, 0) is 21.2 Å². The number of carbonyl (C=O) groups excluding carboxylic acids is 1.